The molecule has 11 heteroatoms. The number of pyridine rings is 1. The zero-order valence-electron chi connectivity index (χ0n) is 20.3. The monoisotopic (exact) mass is 552 g/mol. The summed E-state index contributed by atoms with van der Waals surface area (Å²) in [6.45, 7) is 0.759. The summed E-state index contributed by atoms with van der Waals surface area (Å²) in [7, 11) is 1.80. The highest BCUT2D eigenvalue weighted by Gasteiger charge is 2.30. The van der Waals surface area contributed by atoms with Crippen LogP contribution in [0.1, 0.15) is 27.1 Å². The van der Waals surface area contributed by atoms with Crippen molar-refractivity contribution in [3.05, 3.63) is 88.0 Å². The number of hydrogen-bond donors (Lipinski definition) is 2. The predicted molar refractivity (Wildman–Crippen MR) is 144 cm³/mol. The van der Waals surface area contributed by atoms with E-state index in [1.807, 2.05) is 6.20 Å². The van der Waals surface area contributed by atoms with Gasteiger partial charge in [0.1, 0.15) is 11.6 Å². The van der Waals surface area contributed by atoms with E-state index in [2.05, 4.69) is 15.4 Å². The molecule has 0 saturated carbocycles. The molecule has 0 unspecified atom stereocenters. The zero-order valence-corrected chi connectivity index (χ0v) is 21.8. The molecular formula is C27H23Cl2FN6O2. The Morgan fingerprint density at radius 1 is 1.03 bits per heavy atom. The van der Waals surface area contributed by atoms with E-state index < -0.39 is 5.82 Å². The molecule has 3 heterocycles. The normalized spacial score (nSPS) is 15.1. The molecule has 2 amide bonds. The van der Waals surface area contributed by atoms with Crippen molar-refractivity contribution >= 4 is 40.8 Å². The lowest BCUT2D eigenvalue weighted by molar-refractivity contribution is 0.0783. The van der Waals surface area contributed by atoms with Gasteiger partial charge in [-0.05, 0) is 48.4 Å². The van der Waals surface area contributed by atoms with Crippen LogP contribution in [-0.2, 0) is 7.05 Å². The number of aryl methyl sites for hydroxylation is 1. The fourth-order valence-electron chi connectivity index (χ4n) is 4.46. The third-order valence-electron chi connectivity index (χ3n) is 6.45. The topological polar surface area (TPSA) is 106 Å². The molecule has 8 nitrogen and oxygen atoms in total. The van der Waals surface area contributed by atoms with Crippen molar-refractivity contribution in [3.63, 3.8) is 0 Å². The van der Waals surface area contributed by atoms with E-state index in [0.29, 0.717) is 41.2 Å². The van der Waals surface area contributed by atoms with Gasteiger partial charge in [-0.25, -0.2) is 9.37 Å². The Morgan fingerprint density at radius 3 is 2.58 bits per heavy atom. The lowest BCUT2D eigenvalue weighted by Crippen LogP contribution is -2.38. The molecule has 0 bridgehead atoms. The molecule has 5 rings (SSSR count). The van der Waals surface area contributed by atoms with Crippen molar-refractivity contribution in [2.75, 3.05) is 18.8 Å². The summed E-state index contributed by atoms with van der Waals surface area (Å²) in [5.74, 6) is -0.934. The molecule has 2 aromatic carbocycles. The van der Waals surface area contributed by atoms with E-state index in [1.54, 1.807) is 53.3 Å². The minimum absolute atomic E-state index is 0.117. The molecule has 0 spiro atoms. The van der Waals surface area contributed by atoms with Gasteiger partial charge in [-0.3, -0.25) is 14.3 Å². The first-order valence-corrected chi connectivity index (χ1v) is 12.5. The van der Waals surface area contributed by atoms with Gasteiger partial charge < -0.3 is 16.0 Å². The second-order valence-corrected chi connectivity index (χ2v) is 9.90. The molecule has 0 aliphatic carbocycles. The molecule has 38 heavy (non-hydrogen) atoms. The summed E-state index contributed by atoms with van der Waals surface area (Å²) in [6.07, 6.45) is 5.66. The quantitative estimate of drug-likeness (QED) is 0.369. The van der Waals surface area contributed by atoms with E-state index in [9.17, 15) is 14.0 Å². The zero-order chi connectivity index (χ0) is 27.0. The van der Waals surface area contributed by atoms with Crippen molar-refractivity contribution in [2.45, 2.75) is 12.5 Å². The maximum absolute atomic E-state index is 13.7. The number of carbonyl (C=O) groups excluding carboxylic acids is 2. The molecule has 1 saturated heterocycles. The molecule has 1 atom stereocenters. The van der Waals surface area contributed by atoms with Crippen molar-refractivity contribution in [1.29, 1.82) is 0 Å². The highest BCUT2D eigenvalue weighted by Crippen LogP contribution is 2.32. The van der Waals surface area contributed by atoms with Crippen molar-refractivity contribution < 1.29 is 14.0 Å². The fourth-order valence-corrected chi connectivity index (χ4v) is 4.94. The number of aromatic nitrogens is 3. The number of amides is 2. The second kappa shape index (κ2) is 10.4. The van der Waals surface area contributed by atoms with Gasteiger partial charge in [0.15, 0.2) is 0 Å². The minimum Gasteiger partial charge on any atom is -0.383 e. The number of likely N-dealkylation sites (tertiary alicyclic amines) is 1. The van der Waals surface area contributed by atoms with Crippen LogP contribution in [0.25, 0.3) is 22.3 Å². The number of hydrogen-bond acceptors (Lipinski definition) is 5. The van der Waals surface area contributed by atoms with Crippen LogP contribution in [0, 0.1) is 5.82 Å². The number of anilines is 1. The first-order valence-electron chi connectivity index (χ1n) is 11.8. The van der Waals surface area contributed by atoms with Crippen LogP contribution in [0.15, 0.2) is 61.1 Å². The van der Waals surface area contributed by atoms with Crippen LogP contribution < -0.4 is 11.1 Å². The lowest BCUT2D eigenvalue weighted by Gasteiger charge is -2.18. The Kier molecular flexibility index (Phi) is 7.05. The molecule has 0 radical (unpaired) electrons. The van der Waals surface area contributed by atoms with Crippen LogP contribution >= 0.6 is 23.2 Å². The van der Waals surface area contributed by atoms with E-state index in [4.69, 9.17) is 28.9 Å². The van der Waals surface area contributed by atoms with Gasteiger partial charge in [0.25, 0.3) is 11.8 Å². The van der Waals surface area contributed by atoms with Crippen molar-refractivity contribution in [1.82, 2.24) is 25.0 Å². The highest BCUT2D eigenvalue weighted by molar-refractivity contribution is 6.35. The molecular weight excluding hydrogens is 530 g/mol. The van der Waals surface area contributed by atoms with Gasteiger partial charge in [-0.15, -0.1) is 0 Å². The summed E-state index contributed by atoms with van der Waals surface area (Å²) in [6, 6.07) is 10.3. The molecule has 3 N–H and O–H groups in total. The summed E-state index contributed by atoms with van der Waals surface area (Å²) >= 11 is 12.7. The maximum Gasteiger partial charge on any atom is 0.255 e. The smallest absolute Gasteiger partial charge is 0.255 e. The SMILES string of the molecule is Cn1cc(-c2cnc(N)c(C(=O)N[C@@H]3CCN(C(=O)c4ccc(-c5cc(F)ccc5Cl)cc4Cl)C3)c2)cn1. The van der Waals surface area contributed by atoms with E-state index >= 15 is 0 Å². The Bertz CT molecular complexity index is 1560. The standard InChI is InChI=1S/C27H23Cl2FN6O2/c1-35-13-17(12-33-35)16-8-22(25(31)32-11-16)26(37)34-19-6-7-36(14-19)27(38)20-4-2-15(9-24(20)29)21-10-18(30)3-5-23(21)28/h2-5,8-13,19H,6-7,14H2,1H3,(H2,31,32)(H,34,37)/t19-/m1/s1. The number of nitrogens with zero attached hydrogens (tertiary/aromatic N) is 4. The van der Waals surface area contributed by atoms with Gasteiger partial charge in [-0.2, -0.15) is 5.10 Å². The van der Waals surface area contributed by atoms with Gasteiger partial charge in [0.2, 0.25) is 0 Å². The first kappa shape index (κ1) is 25.7. The number of halogens is 3. The number of nitrogens with two attached hydrogens (primary N) is 1. The van der Waals surface area contributed by atoms with Crippen LogP contribution in [-0.4, -0.2) is 50.6 Å². The molecule has 1 aliphatic rings. The Labute approximate surface area is 228 Å². The summed E-state index contributed by atoms with van der Waals surface area (Å²) in [5, 5.41) is 7.71. The number of nitrogen functional groups attached to an aromatic ring is 1. The van der Waals surface area contributed by atoms with E-state index in [1.165, 1.54) is 18.2 Å². The average molecular weight is 553 g/mol. The van der Waals surface area contributed by atoms with Crippen molar-refractivity contribution in [2.24, 2.45) is 7.05 Å². The summed E-state index contributed by atoms with van der Waals surface area (Å²) < 4.78 is 15.4. The van der Waals surface area contributed by atoms with Crippen LogP contribution in [0.4, 0.5) is 10.2 Å². The third kappa shape index (κ3) is 5.20. The molecule has 1 fully saturated rings. The average Bonchev–Trinajstić information content (AvgIpc) is 3.54. The van der Waals surface area contributed by atoms with Crippen LogP contribution in [0.2, 0.25) is 10.0 Å². The summed E-state index contributed by atoms with van der Waals surface area (Å²) in [5.41, 5.74) is 9.17. The lowest BCUT2D eigenvalue weighted by atomic mass is 10.0. The molecule has 194 valence electrons. The Morgan fingerprint density at radius 2 is 1.84 bits per heavy atom. The van der Waals surface area contributed by atoms with Crippen molar-refractivity contribution in [3.8, 4) is 22.3 Å². The number of nitrogens with one attached hydrogen (secondary N) is 1. The minimum atomic E-state index is -0.424. The second-order valence-electron chi connectivity index (χ2n) is 9.09. The van der Waals surface area contributed by atoms with Gasteiger partial charge >= 0.3 is 0 Å². The number of rotatable bonds is 5. The maximum atomic E-state index is 13.7. The summed E-state index contributed by atoms with van der Waals surface area (Å²) in [4.78, 5) is 32.0. The Hall–Kier alpha value is -3.95. The molecule has 1 aliphatic heterocycles. The number of carbonyl (C=O) groups is 2. The number of benzene rings is 2. The predicted octanol–water partition coefficient (Wildman–Crippen LogP) is 4.82. The van der Waals surface area contributed by atoms with E-state index in [-0.39, 0.29) is 34.3 Å². The Balaban J connectivity index is 1.27. The van der Waals surface area contributed by atoms with Crippen LogP contribution in [0.5, 0.6) is 0 Å². The van der Waals surface area contributed by atoms with Crippen LogP contribution in [0.3, 0.4) is 0 Å². The first-order chi connectivity index (χ1) is 18.2. The molecule has 4 aromatic rings. The molecule has 2 aromatic heterocycles. The third-order valence-corrected chi connectivity index (χ3v) is 7.09. The largest absolute Gasteiger partial charge is 0.383 e. The van der Waals surface area contributed by atoms with E-state index in [0.717, 1.165) is 11.1 Å². The van der Waals surface area contributed by atoms with Gasteiger partial charge in [0, 0.05) is 60.3 Å². The van der Waals surface area contributed by atoms with Gasteiger partial charge in [0.05, 0.1) is 22.3 Å². The highest BCUT2D eigenvalue weighted by atomic mass is 35.5. The van der Waals surface area contributed by atoms with Gasteiger partial charge in [-0.1, -0.05) is 29.3 Å². The fraction of sp³-hybridized carbons (Fsp3) is 0.185.